The van der Waals surface area contributed by atoms with E-state index in [1.165, 1.54) is 19.2 Å². The summed E-state index contributed by atoms with van der Waals surface area (Å²) in [6, 6.07) is 0. The molecule has 0 spiro atoms. The minimum Gasteiger partial charge on any atom is -0.370 e. The van der Waals surface area contributed by atoms with Gasteiger partial charge in [-0.25, -0.2) is 9.97 Å². The molecule has 106 valence electrons. The van der Waals surface area contributed by atoms with Crippen molar-refractivity contribution in [1.29, 1.82) is 0 Å². The van der Waals surface area contributed by atoms with Gasteiger partial charge in [-0.15, -0.1) is 0 Å². The van der Waals surface area contributed by atoms with Crippen molar-refractivity contribution in [3.8, 4) is 0 Å². The van der Waals surface area contributed by atoms with Gasteiger partial charge in [-0.2, -0.15) is 4.98 Å². The van der Waals surface area contributed by atoms with Crippen LogP contribution in [0.15, 0.2) is 10.9 Å². The Hall–Kier alpha value is -2.18. The van der Waals surface area contributed by atoms with Gasteiger partial charge < -0.3 is 15.2 Å². The van der Waals surface area contributed by atoms with Crippen LogP contribution in [0.25, 0.3) is 0 Å². The van der Waals surface area contributed by atoms with E-state index in [1.807, 2.05) is 6.92 Å². The molecular formula is C13H18N6O. The predicted octanol–water partition coefficient (Wildman–Crippen LogP) is 2.09. The van der Waals surface area contributed by atoms with Crippen LogP contribution in [-0.4, -0.2) is 26.7 Å². The molecule has 3 rings (SSSR count). The number of nitrogens with one attached hydrogen (secondary N) is 2. The van der Waals surface area contributed by atoms with E-state index in [2.05, 4.69) is 37.7 Å². The molecule has 2 aromatic rings. The van der Waals surface area contributed by atoms with E-state index in [4.69, 9.17) is 4.52 Å². The molecule has 0 unspecified atom stereocenters. The number of hydrogen-bond acceptors (Lipinski definition) is 7. The molecule has 0 aromatic carbocycles. The van der Waals surface area contributed by atoms with Gasteiger partial charge in [-0.05, 0) is 26.7 Å². The summed E-state index contributed by atoms with van der Waals surface area (Å²) in [5.74, 6) is 3.78. The number of rotatable bonds is 6. The highest BCUT2D eigenvalue weighted by Crippen LogP contribution is 2.39. The first-order valence-electron chi connectivity index (χ1n) is 6.89. The van der Waals surface area contributed by atoms with Crippen molar-refractivity contribution < 1.29 is 4.52 Å². The standard InChI is InChI=1S/C13H18N6O/c1-3-14-11-8(2)12(15-6-10-16-7-20-19-10)18-13(17-11)9-4-5-9/h7,9H,3-6H2,1-2H3,(H2,14,15,17,18). The van der Waals surface area contributed by atoms with Crippen LogP contribution >= 0.6 is 0 Å². The van der Waals surface area contributed by atoms with Crippen LogP contribution in [0, 0.1) is 6.92 Å². The van der Waals surface area contributed by atoms with E-state index < -0.39 is 0 Å². The largest absolute Gasteiger partial charge is 0.370 e. The lowest BCUT2D eigenvalue weighted by molar-refractivity contribution is 0.411. The van der Waals surface area contributed by atoms with Crippen molar-refractivity contribution in [2.24, 2.45) is 0 Å². The Labute approximate surface area is 117 Å². The predicted molar refractivity (Wildman–Crippen MR) is 74.5 cm³/mol. The van der Waals surface area contributed by atoms with Gasteiger partial charge in [-0.3, -0.25) is 0 Å². The van der Waals surface area contributed by atoms with Crippen LogP contribution in [0.3, 0.4) is 0 Å². The fourth-order valence-corrected chi connectivity index (χ4v) is 2.00. The average molecular weight is 274 g/mol. The summed E-state index contributed by atoms with van der Waals surface area (Å²) in [6.07, 6.45) is 3.68. The summed E-state index contributed by atoms with van der Waals surface area (Å²) in [5.41, 5.74) is 1.01. The van der Waals surface area contributed by atoms with E-state index in [9.17, 15) is 0 Å². The molecule has 2 N–H and O–H groups in total. The second kappa shape index (κ2) is 5.44. The Morgan fingerprint density at radius 2 is 2.00 bits per heavy atom. The van der Waals surface area contributed by atoms with Crippen molar-refractivity contribution in [2.45, 2.75) is 39.2 Å². The Kier molecular flexibility index (Phi) is 3.49. The lowest BCUT2D eigenvalue weighted by Gasteiger charge is -2.13. The monoisotopic (exact) mass is 274 g/mol. The molecule has 0 saturated heterocycles. The first-order valence-corrected chi connectivity index (χ1v) is 6.89. The van der Waals surface area contributed by atoms with E-state index in [0.717, 1.165) is 29.6 Å². The number of hydrogen-bond donors (Lipinski definition) is 2. The first-order chi connectivity index (χ1) is 9.78. The lowest BCUT2D eigenvalue weighted by Crippen LogP contribution is -2.11. The lowest BCUT2D eigenvalue weighted by atomic mass is 10.2. The first kappa shape index (κ1) is 12.8. The Morgan fingerprint density at radius 3 is 2.60 bits per heavy atom. The van der Waals surface area contributed by atoms with E-state index in [-0.39, 0.29) is 0 Å². The normalized spacial score (nSPS) is 14.3. The molecule has 7 heteroatoms. The molecule has 1 aliphatic carbocycles. The summed E-state index contributed by atoms with van der Waals surface area (Å²) < 4.78 is 4.72. The van der Waals surface area contributed by atoms with Gasteiger partial charge in [0.2, 0.25) is 6.39 Å². The van der Waals surface area contributed by atoms with E-state index in [0.29, 0.717) is 18.3 Å². The molecule has 2 heterocycles. The molecule has 7 nitrogen and oxygen atoms in total. The molecule has 1 saturated carbocycles. The third-order valence-corrected chi connectivity index (χ3v) is 3.27. The fraction of sp³-hybridized carbons (Fsp3) is 0.538. The van der Waals surface area contributed by atoms with Crippen molar-refractivity contribution in [1.82, 2.24) is 20.1 Å². The highest BCUT2D eigenvalue weighted by Gasteiger charge is 2.28. The fourth-order valence-electron chi connectivity index (χ4n) is 2.00. The van der Waals surface area contributed by atoms with Crippen molar-refractivity contribution >= 4 is 11.6 Å². The highest BCUT2D eigenvalue weighted by atomic mass is 16.5. The zero-order chi connectivity index (χ0) is 13.9. The van der Waals surface area contributed by atoms with Crippen LogP contribution in [-0.2, 0) is 6.54 Å². The molecule has 0 amide bonds. The van der Waals surface area contributed by atoms with Crippen molar-refractivity contribution in [3.63, 3.8) is 0 Å². The topological polar surface area (TPSA) is 88.8 Å². The molecule has 1 aliphatic rings. The maximum atomic E-state index is 4.72. The maximum absolute atomic E-state index is 4.72. The minimum absolute atomic E-state index is 0.490. The summed E-state index contributed by atoms with van der Waals surface area (Å²) in [7, 11) is 0. The Morgan fingerprint density at radius 1 is 1.25 bits per heavy atom. The molecule has 1 fully saturated rings. The summed E-state index contributed by atoms with van der Waals surface area (Å²) >= 11 is 0. The van der Waals surface area contributed by atoms with E-state index >= 15 is 0 Å². The van der Waals surface area contributed by atoms with E-state index in [1.54, 1.807) is 0 Å². The second-order valence-electron chi connectivity index (χ2n) is 4.91. The zero-order valence-electron chi connectivity index (χ0n) is 11.7. The number of anilines is 2. The SMILES string of the molecule is CCNc1nc(C2CC2)nc(NCc2ncon2)c1C. The maximum Gasteiger partial charge on any atom is 0.213 e. The molecule has 0 atom stereocenters. The molecule has 2 aromatic heterocycles. The number of nitrogens with zero attached hydrogens (tertiary/aromatic N) is 4. The second-order valence-corrected chi connectivity index (χ2v) is 4.91. The zero-order valence-corrected chi connectivity index (χ0v) is 11.7. The molecule has 0 bridgehead atoms. The minimum atomic E-state index is 0.490. The molecule has 0 aliphatic heterocycles. The smallest absolute Gasteiger partial charge is 0.213 e. The van der Waals surface area contributed by atoms with Gasteiger partial charge in [0.25, 0.3) is 0 Å². The summed E-state index contributed by atoms with van der Waals surface area (Å²) in [4.78, 5) is 13.2. The summed E-state index contributed by atoms with van der Waals surface area (Å²) in [6.45, 7) is 5.40. The van der Waals surface area contributed by atoms with Crippen LogP contribution < -0.4 is 10.6 Å². The highest BCUT2D eigenvalue weighted by molar-refractivity contribution is 5.57. The van der Waals surface area contributed by atoms with Gasteiger partial charge in [0.05, 0.1) is 6.54 Å². The van der Waals surface area contributed by atoms with Crippen molar-refractivity contribution in [2.75, 3.05) is 17.2 Å². The summed E-state index contributed by atoms with van der Waals surface area (Å²) in [5, 5.41) is 10.3. The third-order valence-electron chi connectivity index (χ3n) is 3.27. The van der Waals surface area contributed by atoms with Gasteiger partial charge >= 0.3 is 0 Å². The van der Waals surface area contributed by atoms with Gasteiger partial charge in [0.1, 0.15) is 17.5 Å². The molecule has 0 radical (unpaired) electrons. The average Bonchev–Trinajstić information content (AvgIpc) is 3.17. The van der Waals surface area contributed by atoms with Crippen LogP contribution in [0.5, 0.6) is 0 Å². The molecule has 20 heavy (non-hydrogen) atoms. The quantitative estimate of drug-likeness (QED) is 0.833. The number of aromatic nitrogens is 4. The van der Waals surface area contributed by atoms with Crippen LogP contribution in [0.2, 0.25) is 0 Å². The van der Waals surface area contributed by atoms with Gasteiger partial charge in [0, 0.05) is 18.0 Å². The van der Waals surface area contributed by atoms with Crippen LogP contribution in [0.4, 0.5) is 11.6 Å². The Bertz CT molecular complexity index is 579. The van der Waals surface area contributed by atoms with Gasteiger partial charge in [-0.1, -0.05) is 5.16 Å². The molecular weight excluding hydrogens is 256 g/mol. The third kappa shape index (κ3) is 2.71. The van der Waals surface area contributed by atoms with Crippen LogP contribution in [0.1, 0.15) is 42.9 Å². The Balaban J connectivity index is 1.83. The van der Waals surface area contributed by atoms with Gasteiger partial charge in [0.15, 0.2) is 5.82 Å². The van der Waals surface area contributed by atoms with Crippen molar-refractivity contribution in [3.05, 3.63) is 23.6 Å².